The lowest BCUT2D eigenvalue weighted by Gasteiger charge is -2.09. The fraction of sp³-hybridized carbons (Fsp3) is 0.0667. The quantitative estimate of drug-likeness (QED) is 0.794. The number of aromatic hydroxyl groups is 1. The van der Waals surface area contributed by atoms with Crippen LogP contribution in [-0.2, 0) is 4.79 Å². The zero-order valence-electron chi connectivity index (χ0n) is 11.0. The van der Waals surface area contributed by atoms with E-state index in [2.05, 4.69) is 26.6 Å². The normalized spacial score (nSPS) is 9.95. The third-order valence-corrected chi connectivity index (χ3v) is 3.40. The largest absolute Gasteiger partial charge is 0.507 e. The molecule has 6 heteroatoms. The van der Waals surface area contributed by atoms with Crippen molar-refractivity contribution in [1.82, 2.24) is 5.32 Å². The van der Waals surface area contributed by atoms with Gasteiger partial charge >= 0.3 is 0 Å². The van der Waals surface area contributed by atoms with Crippen LogP contribution in [0.2, 0.25) is 0 Å². The van der Waals surface area contributed by atoms with Crippen molar-refractivity contribution in [3.63, 3.8) is 0 Å². The van der Waals surface area contributed by atoms with Crippen LogP contribution >= 0.6 is 15.9 Å². The molecule has 0 spiro atoms. The van der Waals surface area contributed by atoms with Gasteiger partial charge in [0, 0.05) is 4.47 Å². The van der Waals surface area contributed by atoms with E-state index in [0.29, 0.717) is 5.69 Å². The minimum Gasteiger partial charge on any atom is -0.507 e. The number of halogens is 1. The number of carbonyl (C=O) groups is 2. The lowest BCUT2D eigenvalue weighted by atomic mass is 10.2. The van der Waals surface area contributed by atoms with Gasteiger partial charge in [-0.25, -0.2) is 0 Å². The molecule has 0 unspecified atom stereocenters. The molecule has 0 atom stereocenters. The van der Waals surface area contributed by atoms with Gasteiger partial charge in [-0.15, -0.1) is 0 Å². The van der Waals surface area contributed by atoms with E-state index in [9.17, 15) is 14.7 Å². The molecule has 2 aromatic rings. The van der Waals surface area contributed by atoms with Crippen LogP contribution in [-0.4, -0.2) is 23.5 Å². The number of anilines is 1. The third-order valence-electron chi connectivity index (χ3n) is 2.71. The van der Waals surface area contributed by atoms with Crippen LogP contribution in [0, 0.1) is 0 Å². The number of para-hydroxylation sites is 2. The van der Waals surface area contributed by atoms with Gasteiger partial charge < -0.3 is 15.7 Å². The van der Waals surface area contributed by atoms with Crippen LogP contribution in [0.25, 0.3) is 0 Å². The van der Waals surface area contributed by atoms with E-state index in [1.54, 1.807) is 30.3 Å². The van der Waals surface area contributed by atoms with Gasteiger partial charge in [0.1, 0.15) is 5.75 Å². The number of phenols is 1. The zero-order chi connectivity index (χ0) is 15.2. The Hall–Kier alpha value is -2.34. The molecule has 2 amide bonds. The number of hydrogen-bond acceptors (Lipinski definition) is 3. The summed E-state index contributed by atoms with van der Waals surface area (Å²) in [6.45, 7) is -0.186. The molecule has 0 bridgehead atoms. The van der Waals surface area contributed by atoms with E-state index >= 15 is 0 Å². The highest BCUT2D eigenvalue weighted by Crippen LogP contribution is 2.20. The molecule has 0 fully saturated rings. The summed E-state index contributed by atoms with van der Waals surface area (Å²) in [6.07, 6.45) is 0. The lowest BCUT2D eigenvalue weighted by molar-refractivity contribution is -0.115. The van der Waals surface area contributed by atoms with Gasteiger partial charge in [-0.2, -0.15) is 0 Å². The molecule has 108 valence electrons. The average Bonchev–Trinajstić information content (AvgIpc) is 2.48. The zero-order valence-corrected chi connectivity index (χ0v) is 12.6. The molecule has 0 radical (unpaired) electrons. The summed E-state index contributed by atoms with van der Waals surface area (Å²) >= 11 is 3.32. The molecule has 0 aliphatic rings. The standard InChI is InChI=1S/C15H13BrN2O3/c16-11-6-2-3-7-12(11)18-14(20)9-17-15(21)10-5-1-4-8-13(10)19/h1-8,19H,9H2,(H,17,21)(H,18,20). The maximum Gasteiger partial charge on any atom is 0.255 e. The van der Waals surface area contributed by atoms with Crippen molar-refractivity contribution >= 4 is 33.4 Å². The van der Waals surface area contributed by atoms with Crippen LogP contribution in [0.1, 0.15) is 10.4 Å². The van der Waals surface area contributed by atoms with Crippen LogP contribution in [0.15, 0.2) is 53.0 Å². The van der Waals surface area contributed by atoms with Gasteiger partial charge in [0.15, 0.2) is 0 Å². The number of carbonyl (C=O) groups excluding carboxylic acids is 2. The maximum absolute atomic E-state index is 11.8. The Balaban J connectivity index is 1.91. The van der Waals surface area contributed by atoms with E-state index in [1.165, 1.54) is 12.1 Å². The molecule has 21 heavy (non-hydrogen) atoms. The molecule has 0 saturated heterocycles. The van der Waals surface area contributed by atoms with Crippen molar-refractivity contribution in [3.05, 3.63) is 58.6 Å². The van der Waals surface area contributed by atoms with Crippen LogP contribution < -0.4 is 10.6 Å². The molecule has 2 aromatic carbocycles. The molecule has 0 saturated carbocycles. The molecule has 0 aliphatic carbocycles. The number of hydrogen-bond donors (Lipinski definition) is 3. The van der Waals surface area contributed by atoms with Crippen molar-refractivity contribution in [2.45, 2.75) is 0 Å². The predicted octanol–water partition coefficient (Wildman–Crippen LogP) is 2.52. The third kappa shape index (κ3) is 4.06. The van der Waals surface area contributed by atoms with Gasteiger partial charge in [0.25, 0.3) is 5.91 Å². The number of nitrogens with one attached hydrogen (secondary N) is 2. The lowest BCUT2D eigenvalue weighted by Crippen LogP contribution is -2.32. The summed E-state index contributed by atoms with van der Waals surface area (Å²) < 4.78 is 0.755. The van der Waals surface area contributed by atoms with Crippen LogP contribution in [0.3, 0.4) is 0 Å². The fourth-order valence-electron chi connectivity index (χ4n) is 1.68. The van der Waals surface area contributed by atoms with E-state index < -0.39 is 5.91 Å². The molecule has 5 nitrogen and oxygen atoms in total. The first-order chi connectivity index (χ1) is 10.1. The van der Waals surface area contributed by atoms with Gasteiger partial charge in [0.05, 0.1) is 17.8 Å². The summed E-state index contributed by atoms with van der Waals surface area (Å²) in [5.41, 5.74) is 0.755. The highest BCUT2D eigenvalue weighted by atomic mass is 79.9. The van der Waals surface area contributed by atoms with Gasteiger partial charge in [0.2, 0.25) is 5.91 Å². The fourth-order valence-corrected chi connectivity index (χ4v) is 2.06. The van der Waals surface area contributed by atoms with E-state index in [0.717, 1.165) is 4.47 Å². The number of phenolic OH excluding ortho intramolecular Hbond substituents is 1. The monoisotopic (exact) mass is 348 g/mol. The van der Waals surface area contributed by atoms with E-state index in [-0.39, 0.29) is 23.8 Å². The van der Waals surface area contributed by atoms with Gasteiger partial charge in [-0.3, -0.25) is 9.59 Å². The number of benzene rings is 2. The number of rotatable bonds is 4. The Bertz CT molecular complexity index is 673. The second-order valence-corrected chi connectivity index (χ2v) is 5.08. The van der Waals surface area contributed by atoms with Crippen molar-refractivity contribution in [1.29, 1.82) is 0 Å². The Morgan fingerprint density at radius 3 is 2.43 bits per heavy atom. The second kappa shape index (κ2) is 6.90. The molecular weight excluding hydrogens is 336 g/mol. The van der Waals surface area contributed by atoms with Gasteiger partial charge in [-0.1, -0.05) is 24.3 Å². The van der Waals surface area contributed by atoms with Crippen molar-refractivity contribution in [2.24, 2.45) is 0 Å². The second-order valence-electron chi connectivity index (χ2n) is 4.23. The Morgan fingerprint density at radius 2 is 1.71 bits per heavy atom. The molecule has 0 aromatic heterocycles. The summed E-state index contributed by atoms with van der Waals surface area (Å²) in [6, 6.07) is 13.3. The first-order valence-corrected chi connectivity index (χ1v) is 6.98. The van der Waals surface area contributed by atoms with Crippen LogP contribution in [0.5, 0.6) is 5.75 Å². The SMILES string of the molecule is O=C(CNC(=O)c1ccccc1O)Nc1ccccc1Br. The van der Waals surface area contributed by atoms with Crippen molar-refractivity contribution in [2.75, 3.05) is 11.9 Å². The van der Waals surface area contributed by atoms with E-state index in [1.807, 2.05) is 6.07 Å². The molecule has 0 heterocycles. The highest BCUT2D eigenvalue weighted by Gasteiger charge is 2.12. The smallest absolute Gasteiger partial charge is 0.255 e. The first-order valence-electron chi connectivity index (χ1n) is 6.18. The predicted molar refractivity (Wildman–Crippen MR) is 83.2 cm³/mol. The summed E-state index contributed by atoms with van der Waals surface area (Å²) in [5.74, 6) is -0.984. The molecule has 0 aliphatic heterocycles. The molecular formula is C15H13BrN2O3. The highest BCUT2D eigenvalue weighted by molar-refractivity contribution is 9.10. The van der Waals surface area contributed by atoms with E-state index in [4.69, 9.17) is 0 Å². The van der Waals surface area contributed by atoms with Crippen LogP contribution in [0.4, 0.5) is 5.69 Å². The Labute approximate surface area is 130 Å². The Kier molecular flexibility index (Phi) is 4.94. The summed E-state index contributed by atoms with van der Waals surface area (Å²) in [4.78, 5) is 23.6. The summed E-state index contributed by atoms with van der Waals surface area (Å²) in [7, 11) is 0. The maximum atomic E-state index is 11.8. The minimum atomic E-state index is -0.504. The van der Waals surface area contributed by atoms with Crippen molar-refractivity contribution < 1.29 is 14.7 Å². The Morgan fingerprint density at radius 1 is 1.05 bits per heavy atom. The molecule has 2 rings (SSSR count). The number of amides is 2. The van der Waals surface area contributed by atoms with Crippen molar-refractivity contribution in [3.8, 4) is 5.75 Å². The summed E-state index contributed by atoms with van der Waals surface area (Å²) in [5, 5.41) is 14.7. The topological polar surface area (TPSA) is 78.4 Å². The minimum absolute atomic E-state index is 0.124. The molecule has 3 N–H and O–H groups in total. The van der Waals surface area contributed by atoms with Gasteiger partial charge in [-0.05, 0) is 40.2 Å². The average molecular weight is 349 g/mol. The first kappa shape index (κ1) is 15.1.